The highest BCUT2D eigenvalue weighted by molar-refractivity contribution is 6.44. The van der Waals surface area contributed by atoms with Crippen LogP contribution in [0.1, 0.15) is 88.5 Å². The molecule has 0 saturated carbocycles. The van der Waals surface area contributed by atoms with Crippen molar-refractivity contribution in [2.45, 2.75) is 94.6 Å². The molecule has 0 bridgehead atoms. The molecule has 230 valence electrons. The smallest absolute Gasteiger partial charge is 0.224 e. The molecule has 0 aromatic carbocycles. The van der Waals surface area contributed by atoms with Crippen molar-refractivity contribution in [2.24, 2.45) is 10.8 Å². The van der Waals surface area contributed by atoms with Gasteiger partial charge >= 0.3 is 0 Å². The molecule has 3 nitrogen and oxygen atoms in total. The maximum Gasteiger partial charge on any atom is 0.224 e. The van der Waals surface area contributed by atoms with Crippen LogP contribution in [0.25, 0.3) is 0 Å². The standard InChI is InChI=1S/C40H52O3/c1-28(17-13-19-30(3)21-23-35-32(5)25-34(41)26-39(35,7)8)15-11-12-16-29(2)18-14-20-31(4)22-24-36-33(6)38(43)37(42)27-40(36,9)10/h11-24,34,41H,25-27H2,1-10H3. The van der Waals surface area contributed by atoms with Crippen molar-refractivity contribution in [3.63, 3.8) is 0 Å². The minimum absolute atomic E-state index is 0.00701. The molecule has 1 unspecified atom stereocenters. The number of rotatable bonds is 10. The normalized spacial score (nSPS) is 23.1. The number of hydrogen-bond acceptors (Lipinski definition) is 3. The fourth-order valence-corrected chi connectivity index (χ4v) is 5.72. The molecule has 0 aliphatic heterocycles. The summed E-state index contributed by atoms with van der Waals surface area (Å²) in [4.78, 5) is 24.1. The number of allylic oxidation sites excluding steroid dienone is 21. The van der Waals surface area contributed by atoms with Crippen molar-refractivity contribution in [1.82, 2.24) is 0 Å². The van der Waals surface area contributed by atoms with Gasteiger partial charge in [0.2, 0.25) is 11.6 Å². The first-order valence-corrected chi connectivity index (χ1v) is 15.3. The van der Waals surface area contributed by atoms with Crippen LogP contribution in [0.4, 0.5) is 0 Å². The first-order chi connectivity index (χ1) is 20.0. The Morgan fingerprint density at radius 1 is 0.674 bits per heavy atom. The fourth-order valence-electron chi connectivity index (χ4n) is 5.72. The Morgan fingerprint density at radius 3 is 1.60 bits per heavy atom. The average molecular weight is 581 g/mol. The van der Waals surface area contributed by atoms with Gasteiger partial charge in [-0.25, -0.2) is 0 Å². The van der Waals surface area contributed by atoms with Crippen LogP contribution >= 0.6 is 0 Å². The predicted molar refractivity (Wildman–Crippen MR) is 184 cm³/mol. The number of carbonyl (C=O) groups is 2. The van der Waals surface area contributed by atoms with E-state index in [1.165, 1.54) is 16.7 Å². The topological polar surface area (TPSA) is 54.4 Å². The lowest BCUT2D eigenvalue weighted by Crippen LogP contribution is -2.32. The average Bonchev–Trinajstić information content (AvgIpc) is 2.88. The van der Waals surface area contributed by atoms with Gasteiger partial charge in [0.15, 0.2) is 0 Å². The van der Waals surface area contributed by atoms with Crippen molar-refractivity contribution in [3.8, 4) is 0 Å². The van der Waals surface area contributed by atoms with E-state index in [4.69, 9.17) is 0 Å². The van der Waals surface area contributed by atoms with Crippen molar-refractivity contribution in [3.05, 3.63) is 130 Å². The molecular formula is C40H52O3. The molecule has 3 heteroatoms. The first kappa shape index (κ1) is 35.6. The van der Waals surface area contributed by atoms with Crippen molar-refractivity contribution in [1.29, 1.82) is 0 Å². The summed E-state index contributed by atoms with van der Waals surface area (Å²) < 4.78 is 0. The van der Waals surface area contributed by atoms with E-state index in [9.17, 15) is 14.7 Å². The lowest BCUT2D eigenvalue weighted by Gasteiger charge is -2.35. The molecule has 2 rings (SSSR count). The van der Waals surface area contributed by atoms with Crippen LogP contribution in [0.3, 0.4) is 0 Å². The molecule has 0 spiro atoms. The minimum Gasteiger partial charge on any atom is -0.393 e. The van der Waals surface area contributed by atoms with Gasteiger partial charge in [-0.1, -0.05) is 141 Å². The summed E-state index contributed by atoms with van der Waals surface area (Å²) in [5, 5.41) is 10.1. The van der Waals surface area contributed by atoms with E-state index < -0.39 is 0 Å². The van der Waals surface area contributed by atoms with Gasteiger partial charge in [-0.15, -0.1) is 0 Å². The highest BCUT2D eigenvalue weighted by Crippen LogP contribution is 2.41. The molecule has 1 N–H and O–H groups in total. The number of ketones is 2. The van der Waals surface area contributed by atoms with Crippen LogP contribution in [-0.2, 0) is 9.59 Å². The highest BCUT2D eigenvalue weighted by atomic mass is 16.3. The second-order valence-electron chi connectivity index (χ2n) is 13.4. The van der Waals surface area contributed by atoms with Crippen LogP contribution < -0.4 is 0 Å². The summed E-state index contributed by atoms with van der Waals surface area (Å²) in [5.74, 6) is -0.657. The van der Waals surface area contributed by atoms with Gasteiger partial charge in [-0.3, -0.25) is 9.59 Å². The Kier molecular flexibility index (Phi) is 13.1. The first-order valence-electron chi connectivity index (χ1n) is 15.3. The number of hydrogen-bond donors (Lipinski definition) is 1. The van der Waals surface area contributed by atoms with E-state index in [0.29, 0.717) is 5.57 Å². The summed E-state index contributed by atoms with van der Waals surface area (Å²) in [6.45, 7) is 20.6. The third-order valence-electron chi connectivity index (χ3n) is 8.10. The zero-order valence-corrected chi connectivity index (χ0v) is 28.0. The third kappa shape index (κ3) is 11.2. The Labute approximate surface area is 260 Å². The Balaban J connectivity index is 1.93. The van der Waals surface area contributed by atoms with E-state index in [1.807, 2.05) is 57.2 Å². The lowest BCUT2D eigenvalue weighted by atomic mass is 9.71. The largest absolute Gasteiger partial charge is 0.393 e. The van der Waals surface area contributed by atoms with E-state index in [0.717, 1.165) is 35.1 Å². The lowest BCUT2D eigenvalue weighted by molar-refractivity contribution is -0.136. The van der Waals surface area contributed by atoms with Crippen molar-refractivity contribution in [2.75, 3.05) is 0 Å². The van der Waals surface area contributed by atoms with Crippen LogP contribution in [0.5, 0.6) is 0 Å². The molecule has 0 fully saturated rings. The van der Waals surface area contributed by atoms with Gasteiger partial charge in [0.25, 0.3) is 0 Å². The second kappa shape index (κ2) is 15.8. The molecule has 0 saturated heterocycles. The van der Waals surface area contributed by atoms with Gasteiger partial charge in [-0.05, 0) is 76.4 Å². The zero-order chi connectivity index (χ0) is 32.4. The fraction of sp³-hybridized carbons (Fsp3) is 0.400. The minimum atomic E-state index is -0.360. The van der Waals surface area contributed by atoms with Gasteiger partial charge < -0.3 is 5.11 Å². The summed E-state index contributed by atoms with van der Waals surface area (Å²) in [6.07, 6.45) is 30.6. The molecule has 43 heavy (non-hydrogen) atoms. The zero-order valence-electron chi connectivity index (χ0n) is 28.0. The van der Waals surface area contributed by atoms with Crippen LogP contribution in [-0.4, -0.2) is 22.8 Å². The molecular weight excluding hydrogens is 528 g/mol. The third-order valence-corrected chi connectivity index (χ3v) is 8.10. The Morgan fingerprint density at radius 2 is 1.12 bits per heavy atom. The molecule has 0 aromatic rings. The van der Waals surface area contributed by atoms with Crippen LogP contribution in [0.15, 0.2) is 130 Å². The molecule has 1 atom stereocenters. The number of Topliss-reactive ketones (excluding diaryl/α,β-unsaturated/α-hetero) is 2. The van der Waals surface area contributed by atoms with E-state index in [-0.39, 0.29) is 34.9 Å². The van der Waals surface area contributed by atoms with Crippen molar-refractivity contribution < 1.29 is 14.7 Å². The summed E-state index contributed by atoms with van der Waals surface area (Å²) >= 11 is 0. The van der Waals surface area contributed by atoms with E-state index >= 15 is 0 Å². The van der Waals surface area contributed by atoms with Crippen molar-refractivity contribution >= 4 is 11.6 Å². The molecule has 0 amide bonds. The van der Waals surface area contributed by atoms with Crippen LogP contribution in [0.2, 0.25) is 0 Å². The second-order valence-corrected chi connectivity index (χ2v) is 13.4. The molecule has 2 aliphatic carbocycles. The molecule has 0 heterocycles. The SMILES string of the molecule is CC(C=CC=C(C)C=CC1=C(C)CC(O)CC1(C)C)=CC=CC=C(C)C=CC=C(C)C=CC1=C(C)C(=O)C(=O)CC1(C)C. The predicted octanol–water partition coefficient (Wildman–Crippen LogP) is 9.93. The summed E-state index contributed by atoms with van der Waals surface area (Å²) in [6, 6.07) is 0. The maximum absolute atomic E-state index is 12.1. The number of aliphatic hydroxyl groups excluding tert-OH is 1. The summed E-state index contributed by atoms with van der Waals surface area (Å²) in [5.41, 5.74) is 8.31. The highest BCUT2D eigenvalue weighted by Gasteiger charge is 2.36. The van der Waals surface area contributed by atoms with Gasteiger partial charge in [0.1, 0.15) is 0 Å². The van der Waals surface area contributed by atoms with Gasteiger partial charge in [0, 0.05) is 12.0 Å². The Bertz CT molecular complexity index is 1420. The molecule has 0 aromatic heterocycles. The monoisotopic (exact) mass is 580 g/mol. The number of carbonyl (C=O) groups excluding carboxylic acids is 2. The van der Waals surface area contributed by atoms with E-state index in [2.05, 4.69) is 90.2 Å². The number of aliphatic hydroxyl groups is 1. The van der Waals surface area contributed by atoms with Crippen LogP contribution in [0, 0.1) is 10.8 Å². The van der Waals surface area contributed by atoms with Gasteiger partial charge in [-0.2, -0.15) is 0 Å². The molecule has 0 radical (unpaired) electrons. The molecule has 2 aliphatic rings. The van der Waals surface area contributed by atoms with E-state index in [1.54, 1.807) is 6.92 Å². The quantitative estimate of drug-likeness (QED) is 0.207. The maximum atomic E-state index is 12.1. The summed E-state index contributed by atoms with van der Waals surface area (Å²) in [7, 11) is 0. The Hall–Kier alpha value is -3.56. The van der Waals surface area contributed by atoms with Gasteiger partial charge in [0.05, 0.1) is 6.10 Å².